The fraction of sp³-hybridized carbons (Fsp3) is 0.867. The fourth-order valence-electron chi connectivity index (χ4n) is 4.07. The van der Waals surface area contributed by atoms with Crippen molar-refractivity contribution in [1.29, 1.82) is 0 Å². The zero-order valence-electron chi connectivity index (χ0n) is 11.5. The van der Waals surface area contributed by atoms with Crippen LogP contribution in [0.1, 0.15) is 52.4 Å². The lowest BCUT2D eigenvalue weighted by atomic mass is 9.76. The van der Waals surface area contributed by atoms with Gasteiger partial charge in [0, 0.05) is 12.3 Å². The second kappa shape index (κ2) is 5.85. The lowest BCUT2D eigenvalue weighted by Crippen LogP contribution is -2.26. The summed E-state index contributed by atoms with van der Waals surface area (Å²) in [6, 6.07) is 0. The van der Waals surface area contributed by atoms with Gasteiger partial charge in [-0.3, -0.25) is 9.59 Å². The molecule has 4 atom stereocenters. The molecule has 0 spiro atoms. The maximum atomic E-state index is 11.8. The van der Waals surface area contributed by atoms with E-state index in [1.807, 2.05) is 6.92 Å². The first-order valence-corrected chi connectivity index (χ1v) is 7.29. The van der Waals surface area contributed by atoms with Crippen LogP contribution in [-0.2, 0) is 14.3 Å². The molecule has 0 aromatic heterocycles. The van der Waals surface area contributed by atoms with E-state index in [2.05, 4.69) is 0 Å². The van der Waals surface area contributed by atoms with Crippen LogP contribution in [-0.4, -0.2) is 18.4 Å². The number of rotatable bonds is 4. The van der Waals surface area contributed by atoms with Gasteiger partial charge in [-0.25, -0.2) is 0 Å². The standard InChI is InChI=1S/C15H24O3/c1-3-18-15(17)9-14-12-7-5-4-6-11(12)8-13(14)10(2)16/h11-14H,3-9H2,1-2H3/t11-,12+,13-,14-/m1/s1. The monoisotopic (exact) mass is 252 g/mol. The summed E-state index contributed by atoms with van der Waals surface area (Å²) in [7, 11) is 0. The highest BCUT2D eigenvalue weighted by Crippen LogP contribution is 2.50. The maximum Gasteiger partial charge on any atom is 0.306 e. The Morgan fingerprint density at radius 2 is 1.94 bits per heavy atom. The minimum Gasteiger partial charge on any atom is -0.466 e. The van der Waals surface area contributed by atoms with Gasteiger partial charge in [-0.1, -0.05) is 19.3 Å². The van der Waals surface area contributed by atoms with Crippen molar-refractivity contribution in [3.05, 3.63) is 0 Å². The average molecular weight is 252 g/mol. The number of carbonyl (C=O) groups excluding carboxylic acids is 2. The zero-order chi connectivity index (χ0) is 13.1. The summed E-state index contributed by atoms with van der Waals surface area (Å²) in [5.41, 5.74) is 0. The molecule has 102 valence electrons. The van der Waals surface area contributed by atoms with E-state index < -0.39 is 0 Å². The van der Waals surface area contributed by atoms with E-state index in [4.69, 9.17) is 4.74 Å². The third kappa shape index (κ3) is 2.76. The minimum atomic E-state index is -0.125. The van der Waals surface area contributed by atoms with Gasteiger partial charge < -0.3 is 4.74 Å². The van der Waals surface area contributed by atoms with Gasteiger partial charge in [0.05, 0.1) is 6.61 Å². The van der Waals surface area contributed by atoms with E-state index in [1.54, 1.807) is 6.92 Å². The van der Waals surface area contributed by atoms with E-state index >= 15 is 0 Å². The highest BCUT2D eigenvalue weighted by Gasteiger charge is 2.46. The first-order chi connectivity index (χ1) is 8.63. The molecule has 2 aliphatic rings. The van der Waals surface area contributed by atoms with Crippen LogP contribution >= 0.6 is 0 Å². The smallest absolute Gasteiger partial charge is 0.306 e. The Morgan fingerprint density at radius 3 is 2.61 bits per heavy atom. The molecule has 2 aliphatic carbocycles. The summed E-state index contributed by atoms with van der Waals surface area (Å²) in [6.45, 7) is 3.95. The molecule has 0 unspecified atom stereocenters. The predicted octanol–water partition coefficient (Wildman–Crippen LogP) is 2.97. The molecule has 0 heterocycles. The van der Waals surface area contributed by atoms with E-state index in [0.717, 1.165) is 6.42 Å². The highest BCUT2D eigenvalue weighted by molar-refractivity contribution is 5.80. The van der Waals surface area contributed by atoms with E-state index in [1.165, 1.54) is 25.7 Å². The molecule has 3 nitrogen and oxygen atoms in total. The molecule has 0 saturated heterocycles. The van der Waals surface area contributed by atoms with Crippen molar-refractivity contribution in [2.24, 2.45) is 23.7 Å². The minimum absolute atomic E-state index is 0.0995. The molecule has 0 aromatic carbocycles. The van der Waals surface area contributed by atoms with Crippen LogP contribution in [0.15, 0.2) is 0 Å². The number of ketones is 1. The number of hydrogen-bond acceptors (Lipinski definition) is 3. The molecule has 0 N–H and O–H groups in total. The zero-order valence-corrected chi connectivity index (χ0v) is 11.5. The molecular formula is C15H24O3. The first-order valence-electron chi connectivity index (χ1n) is 7.29. The molecule has 0 aromatic rings. The van der Waals surface area contributed by atoms with Gasteiger partial charge >= 0.3 is 5.97 Å². The van der Waals surface area contributed by atoms with Crippen molar-refractivity contribution in [3.63, 3.8) is 0 Å². The van der Waals surface area contributed by atoms with Crippen molar-refractivity contribution < 1.29 is 14.3 Å². The Balaban J connectivity index is 2.06. The van der Waals surface area contributed by atoms with Gasteiger partial charge in [0.2, 0.25) is 0 Å². The molecule has 2 saturated carbocycles. The van der Waals surface area contributed by atoms with Crippen LogP contribution in [0.3, 0.4) is 0 Å². The second-order valence-electron chi connectivity index (χ2n) is 5.83. The SMILES string of the molecule is CCOC(=O)C[C@@H]1[C@H]2CCCC[C@@H]2C[C@@H]1C(C)=O. The molecule has 3 heteroatoms. The van der Waals surface area contributed by atoms with Gasteiger partial charge in [-0.2, -0.15) is 0 Å². The second-order valence-corrected chi connectivity index (χ2v) is 5.83. The Morgan fingerprint density at radius 1 is 1.22 bits per heavy atom. The lowest BCUT2D eigenvalue weighted by molar-refractivity contribution is -0.145. The summed E-state index contributed by atoms with van der Waals surface area (Å²) in [5, 5.41) is 0. The fourth-order valence-corrected chi connectivity index (χ4v) is 4.07. The molecule has 0 radical (unpaired) electrons. The number of ether oxygens (including phenoxy) is 1. The Hall–Kier alpha value is -0.860. The number of hydrogen-bond donors (Lipinski definition) is 0. The number of esters is 1. The van der Waals surface area contributed by atoms with Crippen LogP contribution in [0.4, 0.5) is 0 Å². The summed E-state index contributed by atoms with van der Waals surface area (Å²) < 4.78 is 5.06. The van der Waals surface area contributed by atoms with E-state index in [0.29, 0.717) is 24.9 Å². The van der Waals surface area contributed by atoms with Crippen molar-refractivity contribution in [1.82, 2.24) is 0 Å². The highest BCUT2D eigenvalue weighted by atomic mass is 16.5. The van der Waals surface area contributed by atoms with Crippen LogP contribution in [0.5, 0.6) is 0 Å². The molecule has 0 aliphatic heterocycles. The molecular weight excluding hydrogens is 228 g/mol. The van der Waals surface area contributed by atoms with Gasteiger partial charge in [0.1, 0.15) is 5.78 Å². The van der Waals surface area contributed by atoms with Gasteiger partial charge in [0.25, 0.3) is 0 Å². The number of carbonyl (C=O) groups is 2. The third-order valence-electron chi connectivity index (χ3n) is 4.82. The Kier molecular flexibility index (Phi) is 4.41. The quantitative estimate of drug-likeness (QED) is 0.722. The Bertz CT molecular complexity index is 324. The lowest BCUT2D eigenvalue weighted by Gasteiger charge is -2.29. The summed E-state index contributed by atoms with van der Waals surface area (Å²) in [6.07, 6.45) is 6.43. The average Bonchev–Trinajstić information content (AvgIpc) is 2.69. The van der Waals surface area contributed by atoms with Crippen LogP contribution in [0, 0.1) is 23.7 Å². The molecule has 2 fully saturated rings. The van der Waals surface area contributed by atoms with Crippen LogP contribution < -0.4 is 0 Å². The van der Waals surface area contributed by atoms with Crippen molar-refractivity contribution in [2.45, 2.75) is 52.4 Å². The largest absolute Gasteiger partial charge is 0.466 e. The Labute approximate surface area is 109 Å². The third-order valence-corrected chi connectivity index (χ3v) is 4.82. The van der Waals surface area contributed by atoms with Crippen molar-refractivity contribution >= 4 is 11.8 Å². The summed E-state index contributed by atoms with van der Waals surface area (Å²) in [4.78, 5) is 23.5. The molecule has 0 bridgehead atoms. The van der Waals surface area contributed by atoms with Crippen LogP contribution in [0.2, 0.25) is 0 Å². The summed E-state index contributed by atoms with van der Waals surface area (Å²) >= 11 is 0. The maximum absolute atomic E-state index is 11.8. The molecule has 0 amide bonds. The van der Waals surface area contributed by atoms with Gasteiger partial charge in [-0.15, -0.1) is 0 Å². The van der Waals surface area contributed by atoms with Crippen LogP contribution in [0.25, 0.3) is 0 Å². The normalized spacial score (nSPS) is 35.0. The van der Waals surface area contributed by atoms with Gasteiger partial charge in [0.15, 0.2) is 0 Å². The van der Waals surface area contributed by atoms with E-state index in [-0.39, 0.29) is 23.6 Å². The summed E-state index contributed by atoms with van der Waals surface area (Å²) in [5.74, 6) is 1.73. The van der Waals surface area contributed by atoms with Crippen molar-refractivity contribution in [3.8, 4) is 0 Å². The molecule has 18 heavy (non-hydrogen) atoms. The number of Topliss-reactive ketones (excluding diaryl/α,β-unsaturated/α-hetero) is 1. The molecule has 2 rings (SSSR count). The topological polar surface area (TPSA) is 43.4 Å². The number of fused-ring (bicyclic) bond motifs is 1. The predicted molar refractivity (Wildman–Crippen MR) is 69.0 cm³/mol. The van der Waals surface area contributed by atoms with Gasteiger partial charge in [-0.05, 0) is 44.4 Å². The first kappa shape index (κ1) is 13.6. The van der Waals surface area contributed by atoms with E-state index in [9.17, 15) is 9.59 Å². The van der Waals surface area contributed by atoms with Crippen molar-refractivity contribution in [2.75, 3.05) is 6.61 Å².